The third kappa shape index (κ3) is 1.93. The number of pyridine rings is 1. The van der Waals surface area contributed by atoms with Crippen molar-refractivity contribution in [3.63, 3.8) is 0 Å². The molecule has 0 radical (unpaired) electrons. The fourth-order valence-electron chi connectivity index (χ4n) is 2.11. The highest BCUT2D eigenvalue weighted by Crippen LogP contribution is 2.36. The molecule has 2 aromatic rings. The number of aromatic hydroxyl groups is 1. The van der Waals surface area contributed by atoms with E-state index in [9.17, 15) is 5.11 Å². The number of aromatic nitrogens is 1. The Morgan fingerprint density at radius 2 is 2.24 bits per heavy atom. The summed E-state index contributed by atoms with van der Waals surface area (Å²) in [5, 5.41) is 10.9. The van der Waals surface area contributed by atoms with E-state index in [1.54, 1.807) is 13.2 Å². The summed E-state index contributed by atoms with van der Waals surface area (Å²) in [6.07, 6.45) is 3.38. The molecule has 1 aromatic heterocycles. The minimum absolute atomic E-state index is 0.303. The average Bonchev–Trinajstić information content (AvgIpc) is 3.13. The van der Waals surface area contributed by atoms with E-state index in [0.29, 0.717) is 11.7 Å². The zero-order chi connectivity index (χ0) is 11.8. The minimum atomic E-state index is 0.303. The second-order valence-corrected chi connectivity index (χ2v) is 4.63. The van der Waals surface area contributed by atoms with Gasteiger partial charge in [-0.3, -0.25) is 0 Å². The Morgan fingerprint density at radius 1 is 1.41 bits per heavy atom. The number of para-hydroxylation sites is 1. The Morgan fingerprint density at radius 3 is 2.94 bits per heavy atom. The Kier molecular flexibility index (Phi) is 2.39. The van der Waals surface area contributed by atoms with Gasteiger partial charge >= 0.3 is 0 Å². The Bertz CT molecular complexity index is 561. The van der Waals surface area contributed by atoms with Crippen LogP contribution in [0.25, 0.3) is 10.9 Å². The highest BCUT2D eigenvalue weighted by molar-refractivity contribution is 5.85. The number of fused-ring (bicyclic) bond motifs is 1. The van der Waals surface area contributed by atoms with Crippen LogP contribution in [-0.4, -0.2) is 17.2 Å². The SMILES string of the molecule is COc1cccc2cc(O)c(CC3CC3)nc12. The maximum atomic E-state index is 9.95. The van der Waals surface area contributed by atoms with Crippen molar-refractivity contribution in [2.75, 3.05) is 7.11 Å². The molecule has 17 heavy (non-hydrogen) atoms. The number of nitrogens with zero attached hydrogens (tertiary/aromatic N) is 1. The molecular weight excluding hydrogens is 214 g/mol. The lowest BCUT2D eigenvalue weighted by Gasteiger charge is -2.08. The van der Waals surface area contributed by atoms with Crippen molar-refractivity contribution in [2.24, 2.45) is 5.92 Å². The van der Waals surface area contributed by atoms with Crippen LogP contribution in [0.3, 0.4) is 0 Å². The lowest BCUT2D eigenvalue weighted by atomic mass is 10.1. The first-order valence-electron chi connectivity index (χ1n) is 5.93. The van der Waals surface area contributed by atoms with Gasteiger partial charge in [0.1, 0.15) is 17.0 Å². The summed E-state index contributed by atoms with van der Waals surface area (Å²) in [6.45, 7) is 0. The van der Waals surface area contributed by atoms with Crippen LogP contribution >= 0.6 is 0 Å². The van der Waals surface area contributed by atoms with Gasteiger partial charge in [-0.1, -0.05) is 12.1 Å². The molecule has 0 spiro atoms. The van der Waals surface area contributed by atoms with Gasteiger partial charge in [0.05, 0.1) is 12.8 Å². The topological polar surface area (TPSA) is 42.4 Å². The normalized spacial score (nSPS) is 15.1. The van der Waals surface area contributed by atoms with Crippen LogP contribution in [0.4, 0.5) is 0 Å². The molecule has 1 heterocycles. The maximum absolute atomic E-state index is 9.95. The monoisotopic (exact) mass is 229 g/mol. The molecule has 0 amide bonds. The van der Waals surface area contributed by atoms with E-state index in [0.717, 1.165) is 28.8 Å². The summed E-state index contributed by atoms with van der Waals surface area (Å²) in [6, 6.07) is 7.52. The zero-order valence-corrected chi connectivity index (χ0v) is 9.81. The molecule has 0 saturated heterocycles. The second kappa shape index (κ2) is 3.91. The van der Waals surface area contributed by atoms with Gasteiger partial charge in [-0.15, -0.1) is 0 Å². The number of hydrogen-bond donors (Lipinski definition) is 1. The minimum Gasteiger partial charge on any atom is -0.506 e. The standard InChI is InChI=1S/C14H15NO2/c1-17-13-4-2-3-10-8-12(16)11(15-14(10)13)7-9-5-6-9/h2-4,8-9,16H,5-7H2,1H3. The van der Waals surface area contributed by atoms with Gasteiger partial charge in [0.25, 0.3) is 0 Å². The van der Waals surface area contributed by atoms with Crippen LogP contribution < -0.4 is 4.74 Å². The molecule has 1 saturated carbocycles. The highest BCUT2D eigenvalue weighted by atomic mass is 16.5. The van der Waals surface area contributed by atoms with Crippen molar-refractivity contribution in [3.05, 3.63) is 30.0 Å². The van der Waals surface area contributed by atoms with Crippen LogP contribution in [0.15, 0.2) is 24.3 Å². The van der Waals surface area contributed by atoms with Crippen molar-refractivity contribution in [1.82, 2.24) is 4.98 Å². The quantitative estimate of drug-likeness (QED) is 0.880. The molecule has 3 rings (SSSR count). The first kappa shape index (κ1) is 10.4. The highest BCUT2D eigenvalue weighted by Gasteiger charge is 2.24. The number of ether oxygens (including phenoxy) is 1. The summed E-state index contributed by atoms with van der Waals surface area (Å²) in [4.78, 5) is 4.55. The van der Waals surface area contributed by atoms with Gasteiger partial charge in [0, 0.05) is 5.39 Å². The average molecular weight is 229 g/mol. The molecule has 1 aliphatic rings. The summed E-state index contributed by atoms with van der Waals surface area (Å²) in [5.74, 6) is 1.78. The van der Waals surface area contributed by atoms with Gasteiger partial charge < -0.3 is 9.84 Å². The van der Waals surface area contributed by atoms with E-state index in [4.69, 9.17) is 4.74 Å². The molecule has 1 aliphatic carbocycles. The maximum Gasteiger partial charge on any atom is 0.145 e. The van der Waals surface area contributed by atoms with Crippen molar-refractivity contribution < 1.29 is 9.84 Å². The molecule has 0 aliphatic heterocycles. The van der Waals surface area contributed by atoms with Crippen molar-refractivity contribution in [3.8, 4) is 11.5 Å². The predicted octanol–water partition coefficient (Wildman–Crippen LogP) is 2.90. The molecular formula is C14H15NO2. The van der Waals surface area contributed by atoms with E-state index in [1.165, 1.54) is 12.8 Å². The van der Waals surface area contributed by atoms with Crippen LogP contribution in [0, 0.1) is 5.92 Å². The van der Waals surface area contributed by atoms with Gasteiger partial charge in [-0.2, -0.15) is 0 Å². The van der Waals surface area contributed by atoms with Crippen molar-refractivity contribution in [1.29, 1.82) is 0 Å². The van der Waals surface area contributed by atoms with Crippen molar-refractivity contribution >= 4 is 10.9 Å². The molecule has 0 unspecified atom stereocenters. The van der Waals surface area contributed by atoms with Crippen LogP contribution in [-0.2, 0) is 6.42 Å². The fourth-order valence-corrected chi connectivity index (χ4v) is 2.11. The fraction of sp³-hybridized carbons (Fsp3) is 0.357. The summed E-state index contributed by atoms with van der Waals surface area (Å²) >= 11 is 0. The molecule has 1 fully saturated rings. The number of methoxy groups -OCH3 is 1. The Labute approximate surface area is 100 Å². The molecule has 1 N–H and O–H groups in total. The lowest BCUT2D eigenvalue weighted by Crippen LogP contribution is -1.95. The van der Waals surface area contributed by atoms with Gasteiger partial charge in [0.15, 0.2) is 0 Å². The Hall–Kier alpha value is -1.77. The number of hydrogen-bond acceptors (Lipinski definition) is 3. The number of rotatable bonds is 3. The van der Waals surface area contributed by atoms with Gasteiger partial charge in [-0.25, -0.2) is 4.98 Å². The molecule has 3 heteroatoms. The predicted molar refractivity (Wildman–Crippen MR) is 66.4 cm³/mol. The largest absolute Gasteiger partial charge is 0.506 e. The second-order valence-electron chi connectivity index (χ2n) is 4.63. The smallest absolute Gasteiger partial charge is 0.145 e. The Balaban J connectivity index is 2.13. The van der Waals surface area contributed by atoms with E-state index >= 15 is 0 Å². The summed E-state index contributed by atoms with van der Waals surface area (Å²) < 4.78 is 5.30. The van der Waals surface area contributed by atoms with Crippen LogP contribution in [0.2, 0.25) is 0 Å². The van der Waals surface area contributed by atoms with Crippen LogP contribution in [0.5, 0.6) is 11.5 Å². The first-order valence-corrected chi connectivity index (χ1v) is 5.93. The van der Waals surface area contributed by atoms with E-state index in [2.05, 4.69) is 4.98 Å². The summed E-state index contributed by atoms with van der Waals surface area (Å²) in [7, 11) is 1.64. The third-order valence-electron chi connectivity index (χ3n) is 3.26. The van der Waals surface area contributed by atoms with E-state index in [1.807, 2.05) is 18.2 Å². The molecule has 0 atom stereocenters. The van der Waals surface area contributed by atoms with Gasteiger partial charge in [0.2, 0.25) is 0 Å². The lowest BCUT2D eigenvalue weighted by molar-refractivity contribution is 0.418. The summed E-state index contributed by atoms with van der Waals surface area (Å²) in [5.41, 5.74) is 1.63. The molecule has 88 valence electrons. The van der Waals surface area contributed by atoms with E-state index in [-0.39, 0.29) is 0 Å². The third-order valence-corrected chi connectivity index (χ3v) is 3.26. The van der Waals surface area contributed by atoms with Crippen LogP contribution in [0.1, 0.15) is 18.5 Å². The first-order chi connectivity index (χ1) is 8.28. The molecule has 1 aromatic carbocycles. The van der Waals surface area contributed by atoms with E-state index < -0.39 is 0 Å². The van der Waals surface area contributed by atoms with Crippen molar-refractivity contribution in [2.45, 2.75) is 19.3 Å². The van der Waals surface area contributed by atoms with Gasteiger partial charge in [-0.05, 0) is 37.3 Å². The number of benzene rings is 1. The zero-order valence-electron chi connectivity index (χ0n) is 9.81. The molecule has 3 nitrogen and oxygen atoms in total. The molecule has 0 bridgehead atoms.